The number of furan rings is 1. The van der Waals surface area contributed by atoms with Crippen LogP contribution in [0.4, 0.5) is 0 Å². The Bertz CT molecular complexity index is 458. The van der Waals surface area contributed by atoms with Crippen molar-refractivity contribution >= 4 is 11.8 Å². The first-order valence-corrected chi connectivity index (χ1v) is 6.79. The predicted molar refractivity (Wildman–Crippen MR) is 71.5 cm³/mol. The summed E-state index contributed by atoms with van der Waals surface area (Å²) in [4.78, 5) is 25.5. The van der Waals surface area contributed by atoms with Crippen LogP contribution in [0.1, 0.15) is 19.1 Å². The van der Waals surface area contributed by atoms with E-state index in [1.165, 1.54) is 0 Å². The lowest BCUT2D eigenvalue weighted by molar-refractivity contribution is -0.129. The van der Waals surface area contributed by atoms with Crippen LogP contribution in [0.25, 0.3) is 0 Å². The van der Waals surface area contributed by atoms with Crippen LogP contribution in [0.2, 0.25) is 0 Å². The van der Waals surface area contributed by atoms with Gasteiger partial charge >= 0.3 is 0 Å². The minimum Gasteiger partial charge on any atom is -0.467 e. The molecule has 2 N–H and O–H groups in total. The summed E-state index contributed by atoms with van der Waals surface area (Å²) < 4.78 is 5.21. The van der Waals surface area contributed by atoms with Gasteiger partial charge in [-0.25, -0.2) is 0 Å². The lowest BCUT2D eigenvalue weighted by atomic mass is 10.1. The van der Waals surface area contributed by atoms with E-state index in [2.05, 4.69) is 5.32 Å². The highest BCUT2D eigenvalue weighted by Crippen LogP contribution is 2.20. The molecule has 2 unspecified atom stereocenters. The average molecular weight is 280 g/mol. The Morgan fingerprint density at radius 2 is 2.45 bits per heavy atom. The molecule has 0 bridgehead atoms. The third-order valence-electron chi connectivity index (χ3n) is 3.45. The predicted octanol–water partition coefficient (Wildman–Crippen LogP) is 0.373. The number of aliphatic hydroxyl groups is 1. The summed E-state index contributed by atoms with van der Waals surface area (Å²) in [6.07, 6.45) is 1.80. The van der Waals surface area contributed by atoms with Gasteiger partial charge in [0.05, 0.1) is 18.7 Å². The zero-order valence-electron chi connectivity index (χ0n) is 11.5. The molecule has 6 heteroatoms. The van der Waals surface area contributed by atoms with Gasteiger partial charge in [-0.05, 0) is 18.1 Å². The molecule has 1 aromatic heterocycles. The van der Waals surface area contributed by atoms with Crippen molar-refractivity contribution in [1.82, 2.24) is 10.2 Å². The molecule has 0 radical (unpaired) electrons. The molecule has 1 aliphatic heterocycles. The highest BCUT2D eigenvalue weighted by Gasteiger charge is 2.34. The first-order valence-electron chi connectivity index (χ1n) is 6.79. The summed E-state index contributed by atoms with van der Waals surface area (Å²) in [5.74, 6) is 0.268. The molecule has 0 aromatic carbocycles. The lowest BCUT2D eigenvalue weighted by Gasteiger charge is -2.15. The summed E-state index contributed by atoms with van der Waals surface area (Å²) in [5.41, 5.74) is 0. The molecular formula is C14H20N2O4. The molecule has 110 valence electrons. The number of carbonyl (C=O) groups is 2. The number of aliphatic hydroxyl groups excluding tert-OH is 1. The van der Waals surface area contributed by atoms with Gasteiger partial charge in [-0.2, -0.15) is 0 Å². The lowest BCUT2D eigenvalue weighted by Crippen LogP contribution is -2.35. The Morgan fingerprint density at radius 1 is 1.65 bits per heavy atom. The van der Waals surface area contributed by atoms with Gasteiger partial charge < -0.3 is 19.7 Å². The molecule has 1 saturated heterocycles. The summed E-state index contributed by atoms with van der Waals surface area (Å²) in [7, 11) is 0. The highest BCUT2D eigenvalue weighted by atomic mass is 16.3. The molecule has 2 rings (SSSR count). The number of hydrogen-bond donors (Lipinski definition) is 2. The molecule has 0 spiro atoms. The van der Waals surface area contributed by atoms with E-state index in [1.807, 2.05) is 13.0 Å². The van der Waals surface area contributed by atoms with E-state index in [4.69, 9.17) is 9.52 Å². The number of likely N-dealkylation sites (tertiary alicyclic amines) is 1. The number of hydrogen-bond acceptors (Lipinski definition) is 4. The molecule has 20 heavy (non-hydrogen) atoms. The van der Waals surface area contributed by atoms with Crippen molar-refractivity contribution in [3.05, 3.63) is 24.2 Å². The van der Waals surface area contributed by atoms with E-state index < -0.39 is 0 Å². The number of carbonyl (C=O) groups excluding carboxylic acids is 2. The van der Waals surface area contributed by atoms with Crippen molar-refractivity contribution in [2.24, 2.45) is 11.8 Å². The van der Waals surface area contributed by atoms with Crippen molar-refractivity contribution in [2.75, 3.05) is 19.7 Å². The Kier molecular flexibility index (Phi) is 4.79. The smallest absolute Gasteiger partial charge is 0.225 e. The molecule has 1 aliphatic rings. The second-order valence-corrected chi connectivity index (χ2v) is 5.29. The van der Waals surface area contributed by atoms with Gasteiger partial charge in [0.15, 0.2) is 0 Å². The molecular weight excluding hydrogens is 260 g/mol. The van der Waals surface area contributed by atoms with Gasteiger partial charge in [0, 0.05) is 26.1 Å². The van der Waals surface area contributed by atoms with Gasteiger partial charge in [0.25, 0.3) is 0 Å². The van der Waals surface area contributed by atoms with Gasteiger partial charge in [-0.15, -0.1) is 0 Å². The molecule has 1 fully saturated rings. The largest absolute Gasteiger partial charge is 0.467 e. The third kappa shape index (κ3) is 3.60. The van der Waals surface area contributed by atoms with Crippen molar-refractivity contribution < 1.29 is 19.1 Å². The fraction of sp³-hybridized carbons (Fsp3) is 0.571. The standard InChI is InChI=1S/C14H20N2O4/c1-10(9-17)6-15-14(19)11-5-13(18)16(7-11)8-12-3-2-4-20-12/h2-4,10-11,17H,5-9H2,1H3,(H,15,19). The van der Waals surface area contributed by atoms with Gasteiger partial charge in [0.1, 0.15) is 5.76 Å². The number of amides is 2. The topological polar surface area (TPSA) is 82.8 Å². The van der Waals surface area contributed by atoms with Crippen molar-refractivity contribution in [3.63, 3.8) is 0 Å². The van der Waals surface area contributed by atoms with E-state index in [0.29, 0.717) is 25.4 Å². The number of rotatable bonds is 6. The summed E-state index contributed by atoms with van der Waals surface area (Å²) in [6, 6.07) is 3.58. The van der Waals surface area contributed by atoms with E-state index in [9.17, 15) is 9.59 Å². The Balaban J connectivity index is 1.83. The maximum Gasteiger partial charge on any atom is 0.225 e. The van der Waals surface area contributed by atoms with Crippen LogP contribution in [0.15, 0.2) is 22.8 Å². The Labute approximate surface area is 117 Å². The van der Waals surface area contributed by atoms with Crippen LogP contribution in [-0.2, 0) is 16.1 Å². The average Bonchev–Trinajstić information content (AvgIpc) is 3.07. The minimum atomic E-state index is -0.316. The second kappa shape index (κ2) is 6.56. The zero-order valence-corrected chi connectivity index (χ0v) is 11.5. The summed E-state index contributed by atoms with van der Waals surface area (Å²) in [6.45, 7) is 3.14. The first kappa shape index (κ1) is 14.6. The first-order chi connectivity index (χ1) is 9.60. The van der Waals surface area contributed by atoms with E-state index in [0.717, 1.165) is 0 Å². The number of nitrogens with one attached hydrogen (secondary N) is 1. The fourth-order valence-corrected chi connectivity index (χ4v) is 2.17. The van der Waals surface area contributed by atoms with Crippen LogP contribution >= 0.6 is 0 Å². The number of nitrogens with zero attached hydrogens (tertiary/aromatic N) is 1. The molecule has 2 heterocycles. The summed E-state index contributed by atoms with van der Waals surface area (Å²) >= 11 is 0. The Morgan fingerprint density at radius 3 is 3.10 bits per heavy atom. The quantitative estimate of drug-likeness (QED) is 0.789. The van der Waals surface area contributed by atoms with Gasteiger partial charge in [-0.3, -0.25) is 9.59 Å². The minimum absolute atomic E-state index is 0.0234. The van der Waals surface area contributed by atoms with Crippen LogP contribution in [0, 0.1) is 11.8 Å². The van der Waals surface area contributed by atoms with Crippen molar-refractivity contribution in [2.45, 2.75) is 19.9 Å². The van der Waals surface area contributed by atoms with Crippen LogP contribution in [0.5, 0.6) is 0 Å². The fourth-order valence-electron chi connectivity index (χ4n) is 2.17. The second-order valence-electron chi connectivity index (χ2n) is 5.29. The van der Waals surface area contributed by atoms with Gasteiger partial charge in [0.2, 0.25) is 11.8 Å². The SMILES string of the molecule is CC(CO)CNC(=O)C1CC(=O)N(Cc2ccco2)C1. The van der Waals surface area contributed by atoms with Crippen molar-refractivity contribution in [3.8, 4) is 0 Å². The van der Waals surface area contributed by atoms with Crippen LogP contribution < -0.4 is 5.32 Å². The van der Waals surface area contributed by atoms with Crippen LogP contribution in [-0.4, -0.2) is 41.5 Å². The highest BCUT2D eigenvalue weighted by molar-refractivity contribution is 5.89. The van der Waals surface area contributed by atoms with E-state index >= 15 is 0 Å². The van der Waals surface area contributed by atoms with E-state index in [1.54, 1.807) is 17.2 Å². The summed E-state index contributed by atoms with van der Waals surface area (Å²) in [5, 5.41) is 11.7. The molecule has 0 aliphatic carbocycles. The van der Waals surface area contributed by atoms with Gasteiger partial charge in [-0.1, -0.05) is 6.92 Å². The van der Waals surface area contributed by atoms with Crippen molar-refractivity contribution in [1.29, 1.82) is 0 Å². The monoisotopic (exact) mass is 280 g/mol. The molecule has 0 saturated carbocycles. The van der Waals surface area contributed by atoms with Crippen LogP contribution in [0.3, 0.4) is 0 Å². The normalized spacial score (nSPS) is 20.2. The molecule has 1 aromatic rings. The van der Waals surface area contributed by atoms with E-state index in [-0.39, 0.29) is 36.7 Å². The molecule has 2 amide bonds. The Hall–Kier alpha value is -1.82. The maximum absolute atomic E-state index is 12.0. The molecule has 6 nitrogen and oxygen atoms in total. The molecule has 2 atom stereocenters. The maximum atomic E-state index is 12.0. The zero-order chi connectivity index (χ0) is 14.5. The third-order valence-corrected chi connectivity index (χ3v) is 3.45.